The predicted molar refractivity (Wildman–Crippen MR) is 121 cm³/mol. The minimum absolute atomic E-state index is 0.0276. The predicted octanol–water partition coefficient (Wildman–Crippen LogP) is 3.99. The maximum atomic E-state index is 13.0. The first-order valence-electron chi connectivity index (χ1n) is 10.9. The van der Waals surface area contributed by atoms with Gasteiger partial charge in [-0.05, 0) is 47.1 Å². The highest BCUT2D eigenvalue weighted by Crippen LogP contribution is 2.19. The van der Waals surface area contributed by atoms with Crippen LogP contribution in [0.15, 0.2) is 48.5 Å². The van der Waals surface area contributed by atoms with Gasteiger partial charge < -0.3 is 16.0 Å². The van der Waals surface area contributed by atoms with E-state index in [9.17, 15) is 9.59 Å². The van der Waals surface area contributed by atoms with Crippen LogP contribution >= 0.6 is 0 Å². The van der Waals surface area contributed by atoms with Gasteiger partial charge >= 0.3 is 0 Å². The molecule has 0 spiro atoms. The molecule has 2 amide bonds. The van der Waals surface area contributed by atoms with E-state index in [-0.39, 0.29) is 23.8 Å². The van der Waals surface area contributed by atoms with Crippen molar-refractivity contribution in [1.82, 2.24) is 10.6 Å². The fourth-order valence-electron chi connectivity index (χ4n) is 3.77. The maximum absolute atomic E-state index is 13.0. The highest BCUT2D eigenvalue weighted by Gasteiger charge is 2.30. The van der Waals surface area contributed by atoms with E-state index in [1.165, 1.54) is 16.7 Å². The zero-order chi connectivity index (χ0) is 21.7. The van der Waals surface area contributed by atoms with E-state index >= 15 is 0 Å². The van der Waals surface area contributed by atoms with Gasteiger partial charge in [-0.3, -0.25) is 9.59 Å². The quantitative estimate of drug-likeness (QED) is 0.650. The third-order valence-electron chi connectivity index (χ3n) is 6.04. The normalized spacial score (nSPS) is 17.7. The molecule has 0 unspecified atom stereocenters. The topological polar surface area (TPSA) is 70.2 Å². The summed E-state index contributed by atoms with van der Waals surface area (Å²) < 4.78 is 0. The van der Waals surface area contributed by atoms with Crippen LogP contribution in [0.3, 0.4) is 0 Å². The first-order valence-corrected chi connectivity index (χ1v) is 10.9. The largest absolute Gasteiger partial charge is 0.343 e. The molecule has 5 nitrogen and oxygen atoms in total. The number of nitrogens with one attached hydrogen (secondary N) is 3. The Balaban J connectivity index is 1.66. The van der Waals surface area contributed by atoms with Gasteiger partial charge in [0.1, 0.15) is 6.04 Å². The molecule has 160 valence electrons. The molecule has 1 aliphatic rings. The summed E-state index contributed by atoms with van der Waals surface area (Å²) in [6.45, 7) is 8.97. The van der Waals surface area contributed by atoms with Crippen LogP contribution < -0.4 is 16.0 Å². The standard InChI is InChI=1S/C25H33N3O2/c1-5-17(4)23(25(30)27-21-12-10-18(11-13-21)16(2)3)28-24(29)22-14-19-8-6-7-9-20(19)15-26-22/h6-13,16-17,22-23,26H,5,14-15H2,1-4H3,(H,27,30)(H,28,29)/t17-,22+,23+/m1/s1. The molecule has 0 bridgehead atoms. The number of carbonyl (C=O) groups is 2. The number of hydrogen-bond acceptors (Lipinski definition) is 3. The van der Waals surface area contributed by atoms with Crippen molar-refractivity contribution in [3.63, 3.8) is 0 Å². The lowest BCUT2D eigenvalue weighted by molar-refractivity contribution is -0.129. The van der Waals surface area contributed by atoms with E-state index in [4.69, 9.17) is 0 Å². The fraction of sp³-hybridized carbons (Fsp3) is 0.440. The Labute approximate surface area is 179 Å². The summed E-state index contributed by atoms with van der Waals surface area (Å²) in [4.78, 5) is 26.0. The molecule has 3 rings (SSSR count). The van der Waals surface area contributed by atoms with Crippen LogP contribution in [-0.4, -0.2) is 23.9 Å². The molecule has 5 heteroatoms. The van der Waals surface area contributed by atoms with E-state index < -0.39 is 6.04 Å². The second-order valence-electron chi connectivity index (χ2n) is 8.54. The molecule has 0 saturated heterocycles. The van der Waals surface area contributed by atoms with Gasteiger partial charge in [-0.1, -0.05) is 70.5 Å². The molecule has 1 aliphatic heterocycles. The van der Waals surface area contributed by atoms with Gasteiger partial charge in [0.15, 0.2) is 0 Å². The fourth-order valence-corrected chi connectivity index (χ4v) is 3.77. The van der Waals surface area contributed by atoms with Crippen LogP contribution in [0.25, 0.3) is 0 Å². The van der Waals surface area contributed by atoms with E-state index in [2.05, 4.69) is 41.9 Å². The molecule has 30 heavy (non-hydrogen) atoms. The van der Waals surface area contributed by atoms with Crippen molar-refractivity contribution in [2.75, 3.05) is 5.32 Å². The highest BCUT2D eigenvalue weighted by atomic mass is 16.2. The Kier molecular flexibility index (Phi) is 7.27. The average Bonchev–Trinajstić information content (AvgIpc) is 2.76. The number of benzene rings is 2. The molecule has 2 aromatic rings. The van der Waals surface area contributed by atoms with Crippen molar-refractivity contribution in [2.45, 2.75) is 65.1 Å². The Morgan fingerprint density at radius 3 is 2.33 bits per heavy atom. The smallest absolute Gasteiger partial charge is 0.247 e. The number of rotatable bonds is 7. The summed E-state index contributed by atoms with van der Waals surface area (Å²) in [6.07, 6.45) is 1.43. The van der Waals surface area contributed by atoms with Crippen molar-refractivity contribution in [2.24, 2.45) is 5.92 Å². The van der Waals surface area contributed by atoms with Crippen molar-refractivity contribution in [3.8, 4) is 0 Å². The number of anilines is 1. The third-order valence-corrected chi connectivity index (χ3v) is 6.04. The van der Waals surface area contributed by atoms with Gasteiger partial charge in [-0.25, -0.2) is 0 Å². The summed E-state index contributed by atoms with van der Waals surface area (Å²) in [5, 5.41) is 9.28. The Bertz CT molecular complexity index is 876. The van der Waals surface area contributed by atoms with Crippen LogP contribution in [-0.2, 0) is 22.6 Å². The monoisotopic (exact) mass is 407 g/mol. The van der Waals surface area contributed by atoms with Gasteiger partial charge in [0.2, 0.25) is 11.8 Å². The molecule has 0 aromatic heterocycles. The van der Waals surface area contributed by atoms with Gasteiger partial charge in [-0.15, -0.1) is 0 Å². The van der Waals surface area contributed by atoms with Gasteiger partial charge in [0.05, 0.1) is 6.04 Å². The average molecular weight is 408 g/mol. The van der Waals surface area contributed by atoms with E-state index in [0.29, 0.717) is 18.9 Å². The Hall–Kier alpha value is -2.66. The molecule has 3 N–H and O–H groups in total. The van der Waals surface area contributed by atoms with Gasteiger partial charge in [0.25, 0.3) is 0 Å². The first kappa shape index (κ1) is 22.0. The number of hydrogen-bond donors (Lipinski definition) is 3. The molecule has 0 radical (unpaired) electrons. The summed E-state index contributed by atoms with van der Waals surface area (Å²) in [7, 11) is 0. The molecule has 0 saturated carbocycles. The molecule has 0 fully saturated rings. The van der Waals surface area contributed by atoms with E-state index in [1.807, 2.05) is 50.2 Å². The molecule has 1 heterocycles. The summed E-state index contributed by atoms with van der Waals surface area (Å²) in [5.41, 5.74) is 4.38. The lowest BCUT2D eigenvalue weighted by Gasteiger charge is -2.29. The van der Waals surface area contributed by atoms with Crippen LogP contribution in [0.4, 0.5) is 5.69 Å². The van der Waals surface area contributed by atoms with Crippen LogP contribution in [0.2, 0.25) is 0 Å². The molecule has 3 atom stereocenters. The third kappa shape index (κ3) is 5.28. The molecular weight excluding hydrogens is 374 g/mol. The Morgan fingerprint density at radius 2 is 1.70 bits per heavy atom. The number of carbonyl (C=O) groups excluding carboxylic acids is 2. The van der Waals surface area contributed by atoms with Gasteiger partial charge in [-0.2, -0.15) is 0 Å². The van der Waals surface area contributed by atoms with Crippen molar-refractivity contribution >= 4 is 17.5 Å². The number of fused-ring (bicyclic) bond motifs is 1. The minimum Gasteiger partial charge on any atom is -0.343 e. The SMILES string of the molecule is CC[C@@H](C)[C@H](NC(=O)[C@@H]1Cc2ccccc2CN1)C(=O)Nc1ccc(C(C)C)cc1. The lowest BCUT2D eigenvalue weighted by Crippen LogP contribution is -2.55. The zero-order valence-corrected chi connectivity index (χ0v) is 18.4. The van der Waals surface area contributed by atoms with Gasteiger partial charge in [0, 0.05) is 12.2 Å². The van der Waals surface area contributed by atoms with Crippen LogP contribution in [0, 0.1) is 5.92 Å². The second kappa shape index (κ2) is 9.90. The van der Waals surface area contributed by atoms with Crippen molar-refractivity contribution in [1.29, 1.82) is 0 Å². The highest BCUT2D eigenvalue weighted by molar-refractivity contribution is 5.98. The van der Waals surface area contributed by atoms with Crippen LogP contribution in [0.5, 0.6) is 0 Å². The van der Waals surface area contributed by atoms with E-state index in [1.54, 1.807) is 0 Å². The first-order chi connectivity index (χ1) is 14.4. The minimum atomic E-state index is -0.578. The Morgan fingerprint density at radius 1 is 1.03 bits per heavy atom. The molecular formula is C25H33N3O2. The summed E-state index contributed by atoms with van der Waals surface area (Å²) in [5.74, 6) is 0.168. The number of amides is 2. The lowest BCUT2D eigenvalue weighted by atomic mass is 9.94. The van der Waals surface area contributed by atoms with Crippen LogP contribution in [0.1, 0.15) is 56.7 Å². The van der Waals surface area contributed by atoms with E-state index in [0.717, 1.165) is 12.1 Å². The molecule has 2 aromatic carbocycles. The van der Waals surface area contributed by atoms with Crippen molar-refractivity contribution in [3.05, 3.63) is 65.2 Å². The molecule has 0 aliphatic carbocycles. The zero-order valence-electron chi connectivity index (χ0n) is 18.4. The second-order valence-corrected chi connectivity index (χ2v) is 8.54. The summed E-state index contributed by atoms with van der Waals surface area (Å²) in [6, 6.07) is 15.1. The maximum Gasteiger partial charge on any atom is 0.247 e. The van der Waals surface area contributed by atoms with Crippen molar-refractivity contribution < 1.29 is 9.59 Å². The summed E-state index contributed by atoms with van der Waals surface area (Å²) >= 11 is 0.